The molecule has 0 heterocycles. The topological polar surface area (TPSA) is 111 Å². The second-order valence-corrected chi connectivity index (χ2v) is 6.25. The van der Waals surface area contributed by atoms with Gasteiger partial charge in [-0.1, -0.05) is 0 Å². The molecule has 2 N–H and O–H groups in total. The highest BCUT2D eigenvalue weighted by Crippen LogP contribution is 2.33. The van der Waals surface area contributed by atoms with E-state index >= 15 is 0 Å². The minimum Gasteiger partial charge on any atom is -0.493 e. The summed E-state index contributed by atoms with van der Waals surface area (Å²) >= 11 is 0. The molecule has 1 atom stereocenters. The van der Waals surface area contributed by atoms with E-state index < -0.39 is 22.1 Å². The van der Waals surface area contributed by atoms with Crippen molar-refractivity contribution in [1.29, 1.82) is 0 Å². The summed E-state index contributed by atoms with van der Waals surface area (Å²) in [6.07, 6.45) is -0.536. The van der Waals surface area contributed by atoms with E-state index in [4.69, 9.17) is 14.2 Å². The van der Waals surface area contributed by atoms with Gasteiger partial charge in [0, 0.05) is 19.2 Å². The third kappa shape index (κ3) is 4.50. The zero-order valence-electron chi connectivity index (χ0n) is 12.7. The number of benzene rings is 1. The number of hydrogen-bond donors (Lipinski definition) is 2. The van der Waals surface area contributed by atoms with Crippen LogP contribution in [0.2, 0.25) is 0 Å². The zero-order valence-corrected chi connectivity index (χ0v) is 13.6. The summed E-state index contributed by atoms with van der Waals surface area (Å²) in [6.45, 7) is 1.59. The summed E-state index contributed by atoms with van der Waals surface area (Å²) in [5, 5.41) is 9.22. The molecule has 1 unspecified atom stereocenters. The molecule has 0 amide bonds. The molecular formula is C13H19NO7S. The van der Waals surface area contributed by atoms with Crippen LogP contribution in [0.1, 0.15) is 17.3 Å². The number of carboxylic acid groups (broad SMARTS) is 1. The van der Waals surface area contributed by atoms with Crippen molar-refractivity contribution < 1.29 is 32.5 Å². The third-order valence-electron chi connectivity index (χ3n) is 2.88. The molecule has 0 aromatic heterocycles. The first-order valence-electron chi connectivity index (χ1n) is 6.26. The highest BCUT2D eigenvalue weighted by molar-refractivity contribution is 7.92. The Bertz CT molecular complexity index is 642. The Hall–Kier alpha value is -2.00. The molecule has 1 aromatic carbocycles. The van der Waals surface area contributed by atoms with Crippen molar-refractivity contribution in [3.8, 4) is 11.5 Å². The van der Waals surface area contributed by atoms with Gasteiger partial charge in [-0.3, -0.25) is 4.72 Å². The van der Waals surface area contributed by atoms with Crippen LogP contribution in [0.15, 0.2) is 12.1 Å². The number of carbonyl (C=O) groups is 1. The van der Waals surface area contributed by atoms with Crippen molar-refractivity contribution in [3.05, 3.63) is 17.7 Å². The summed E-state index contributed by atoms with van der Waals surface area (Å²) in [4.78, 5) is 11.3. The Morgan fingerprint density at radius 3 is 2.23 bits per heavy atom. The number of anilines is 1. The summed E-state index contributed by atoms with van der Waals surface area (Å²) in [5.41, 5.74) is -0.347. The van der Waals surface area contributed by atoms with Crippen molar-refractivity contribution >= 4 is 21.7 Å². The molecule has 0 saturated carbocycles. The van der Waals surface area contributed by atoms with Gasteiger partial charge in [0.1, 0.15) is 0 Å². The fourth-order valence-corrected chi connectivity index (χ4v) is 3.07. The van der Waals surface area contributed by atoms with Crippen LogP contribution < -0.4 is 14.2 Å². The molecule has 1 rings (SSSR count). The minimum absolute atomic E-state index is 0.103. The lowest BCUT2D eigenvalue weighted by atomic mass is 10.1. The lowest BCUT2D eigenvalue weighted by Gasteiger charge is -2.16. The summed E-state index contributed by atoms with van der Waals surface area (Å²) < 4.78 is 41.3. The van der Waals surface area contributed by atoms with E-state index in [9.17, 15) is 18.3 Å². The Morgan fingerprint density at radius 1 is 1.23 bits per heavy atom. The van der Waals surface area contributed by atoms with Gasteiger partial charge in [0.25, 0.3) is 0 Å². The summed E-state index contributed by atoms with van der Waals surface area (Å²) in [6, 6.07) is 2.45. The lowest BCUT2D eigenvalue weighted by molar-refractivity contribution is 0.0697. The molecule has 0 radical (unpaired) electrons. The first kappa shape index (κ1) is 18.1. The lowest BCUT2D eigenvalue weighted by Crippen LogP contribution is -2.26. The number of ether oxygens (including phenoxy) is 3. The van der Waals surface area contributed by atoms with Crippen LogP contribution in [0.3, 0.4) is 0 Å². The van der Waals surface area contributed by atoms with Gasteiger partial charge in [-0.2, -0.15) is 0 Å². The van der Waals surface area contributed by atoms with Crippen LogP contribution in [0, 0.1) is 0 Å². The average molecular weight is 333 g/mol. The largest absolute Gasteiger partial charge is 0.493 e. The maximum atomic E-state index is 12.0. The molecule has 0 aliphatic rings. The molecule has 8 nitrogen and oxygen atoms in total. The van der Waals surface area contributed by atoms with E-state index in [1.165, 1.54) is 33.5 Å². The third-order valence-corrected chi connectivity index (χ3v) is 4.32. The van der Waals surface area contributed by atoms with E-state index in [0.29, 0.717) is 0 Å². The van der Waals surface area contributed by atoms with Gasteiger partial charge in [-0.15, -0.1) is 0 Å². The molecule has 0 aliphatic carbocycles. The highest BCUT2D eigenvalue weighted by Gasteiger charge is 2.22. The Balaban J connectivity index is 3.25. The van der Waals surface area contributed by atoms with Crippen molar-refractivity contribution in [2.75, 3.05) is 31.8 Å². The number of methoxy groups -OCH3 is 3. The quantitative estimate of drug-likeness (QED) is 0.734. The molecular weight excluding hydrogens is 314 g/mol. The van der Waals surface area contributed by atoms with Crippen molar-refractivity contribution in [2.24, 2.45) is 0 Å². The van der Waals surface area contributed by atoms with Crippen LogP contribution in [0.4, 0.5) is 5.69 Å². The number of rotatable bonds is 8. The molecule has 0 spiro atoms. The first-order chi connectivity index (χ1) is 10.2. The maximum Gasteiger partial charge on any atom is 0.337 e. The Morgan fingerprint density at radius 2 is 1.77 bits per heavy atom. The summed E-state index contributed by atoms with van der Waals surface area (Å²) in [7, 11) is 0.326. The van der Waals surface area contributed by atoms with Gasteiger partial charge in [0.05, 0.1) is 37.3 Å². The van der Waals surface area contributed by atoms with Gasteiger partial charge in [0.15, 0.2) is 11.5 Å². The van der Waals surface area contributed by atoms with Crippen molar-refractivity contribution in [1.82, 2.24) is 0 Å². The van der Waals surface area contributed by atoms with E-state index in [0.717, 1.165) is 0 Å². The first-order valence-corrected chi connectivity index (χ1v) is 7.92. The molecule has 124 valence electrons. The molecule has 22 heavy (non-hydrogen) atoms. The SMILES string of the molecule is COc1cc(NS(=O)(=O)CC(C)OC)c(C(=O)O)cc1OC. The van der Waals surface area contributed by atoms with Crippen LogP contribution in [-0.2, 0) is 14.8 Å². The van der Waals surface area contributed by atoms with Gasteiger partial charge in [0.2, 0.25) is 10.0 Å². The van der Waals surface area contributed by atoms with Crippen LogP contribution in [0.25, 0.3) is 0 Å². The van der Waals surface area contributed by atoms with Gasteiger partial charge >= 0.3 is 5.97 Å². The zero-order chi connectivity index (χ0) is 16.9. The fraction of sp³-hybridized carbons (Fsp3) is 0.462. The second kappa shape index (κ2) is 7.32. The van der Waals surface area contributed by atoms with Crippen molar-refractivity contribution in [3.63, 3.8) is 0 Å². The molecule has 9 heteroatoms. The van der Waals surface area contributed by atoms with Gasteiger partial charge < -0.3 is 19.3 Å². The predicted octanol–water partition coefficient (Wildman–Crippen LogP) is 1.18. The number of sulfonamides is 1. The highest BCUT2D eigenvalue weighted by atomic mass is 32.2. The van der Waals surface area contributed by atoms with Crippen LogP contribution >= 0.6 is 0 Å². The summed E-state index contributed by atoms with van der Waals surface area (Å²) in [5.74, 6) is -1.20. The molecule has 0 fully saturated rings. The molecule has 0 saturated heterocycles. The monoisotopic (exact) mass is 333 g/mol. The standard InChI is InChI=1S/C13H19NO7S/c1-8(19-2)7-22(17,18)14-10-6-12(21-4)11(20-3)5-9(10)13(15)16/h5-6,8,14H,7H2,1-4H3,(H,15,16). The van der Waals surface area contributed by atoms with Gasteiger partial charge in [-0.05, 0) is 6.92 Å². The van der Waals surface area contributed by atoms with E-state index in [2.05, 4.69) is 4.72 Å². The number of hydrogen-bond acceptors (Lipinski definition) is 6. The Labute approximate surface area is 129 Å². The molecule has 0 bridgehead atoms. The fourth-order valence-electron chi connectivity index (χ4n) is 1.73. The smallest absolute Gasteiger partial charge is 0.337 e. The second-order valence-electron chi connectivity index (χ2n) is 4.49. The molecule has 0 aliphatic heterocycles. The van der Waals surface area contributed by atoms with Gasteiger partial charge in [-0.25, -0.2) is 13.2 Å². The normalized spacial score (nSPS) is 12.5. The Kier molecular flexibility index (Phi) is 6.01. The van der Waals surface area contributed by atoms with Crippen LogP contribution in [0.5, 0.6) is 11.5 Å². The number of carboxylic acids is 1. The maximum absolute atomic E-state index is 12.0. The predicted molar refractivity (Wildman–Crippen MR) is 80.4 cm³/mol. The minimum atomic E-state index is -3.78. The number of nitrogens with one attached hydrogen (secondary N) is 1. The average Bonchev–Trinajstić information content (AvgIpc) is 2.45. The molecule has 1 aromatic rings. The van der Waals surface area contributed by atoms with E-state index in [1.54, 1.807) is 6.92 Å². The van der Waals surface area contributed by atoms with E-state index in [-0.39, 0.29) is 28.5 Å². The van der Waals surface area contributed by atoms with Crippen LogP contribution in [-0.4, -0.2) is 52.7 Å². The van der Waals surface area contributed by atoms with E-state index in [1.807, 2.05) is 0 Å². The number of aromatic carboxylic acids is 1. The van der Waals surface area contributed by atoms with Crippen molar-refractivity contribution in [2.45, 2.75) is 13.0 Å².